The van der Waals surface area contributed by atoms with Crippen molar-refractivity contribution < 1.29 is 9.72 Å². The van der Waals surface area contributed by atoms with Crippen LogP contribution in [0, 0.1) is 10.1 Å². The van der Waals surface area contributed by atoms with Crippen molar-refractivity contribution in [3.63, 3.8) is 0 Å². The number of hydrogen-bond donors (Lipinski definition) is 0. The predicted molar refractivity (Wildman–Crippen MR) is 147 cm³/mol. The molecular formula is C28H22N4O4S. The molecule has 0 atom stereocenters. The summed E-state index contributed by atoms with van der Waals surface area (Å²) in [7, 11) is 0. The van der Waals surface area contributed by atoms with Crippen LogP contribution in [-0.4, -0.2) is 32.7 Å². The SMILES string of the molecule is CCN(C(=O)CSc1nc2ccccc2c(=O)n1-c1ccc([N+](=O)[O-])cc1)c1cccc2ccccc12. The Labute approximate surface area is 216 Å². The van der Waals surface area contributed by atoms with E-state index in [1.54, 1.807) is 29.2 Å². The first-order valence-electron chi connectivity index (χ1n) is 11.7. The summed E-state index contributed by atoms with van der Waals surface area (Å²) in [6.07, 6.45) is 0. The number of carbonyl (C=O) groups excluding carboxylic acids is 1. The molecule has 0 bridgehead atoms. The third kappa shape index (κ3) is 4.68. The van der Waals surface area contributed by atoms with Gasteiger partial charge in [0.1, 0.15) is 0 Å². The number of aromatic nitrogens is 2. The normalized spacial score (nSPS) is 11.1. The standard InChI is InChI=1S/C28H22N4O4S/c1-2-30(25-13-7-9-19-8-3-4-10-22(19)25)26(33)18-37-28-29-24-12-6-5-11-23(24)27(34)31(28)20-14-16-21(17-15-20)32(35)36/h3-17H,2,18H2,1H3. The number of fused-ring (bicyclic) bond motifs is 2. The van der Waals surface area contributed by atoms with Crippen molar-refractivity contribution in [2.75, 3.05) is 17.2 Å². The summed E-state index contributed by atoms with van der Waals surface area (Å²) in [6.45, 7) is 2.40. The minimum atomic E-state index is -0.494. The van der Waals surface area contributed by atoms with E-state index in [1.165, 1.54) is 28.8 Å². The molecule has 0 aliphatic rings. The zero-order valence-electron chi connectivity index (χ0n) is 19.9. The number of amides is 1. The van der Waals surface area contributed by atoms with Gasteiger partial charge in [-0.05, 0) is 42.6 Å². The minimum Gasteiger partial charge on any atom is -0.311 e. The highest BCUT2D eigenvalue weighted by atomic mass is 32.2. The van der Waals surface area contributed by atoms with Gasteiger partial charge in [-0.2, -0.15) is 0 Å². The number of para-hydroxylation sites is 1. The van der Waals surface area contributed by atoms with Gasteiger partial charge in [0.15, 0.2) is 5.16 Å². The number of thioether (sulfide) groups is 1. The molecular weight excluding hydrogens is 488 g/mol. The van der Waals surface area contributed by atoms with Gasteiger partial charge < -0.3 is 4.90 Å². The molecule has 1 amide bonds. The van der Waals surface area contributed by atoms with Crippen LogP contribution in [0.4, 0.5) is 11.4 Å². The minimum absolute atomic E-state index is 0.0504. The van der Waals surface area contributed by atoms with Crippen LogP contribution >= 0.6 is 11.8 Å². The molecule has 0 unspecified atom stereocenters. The van der Waals surface area contributed by atoms with E-state index in [4.69, 9.17) is 0 Å². The fourth-order valence-corrected chi connectivity index (χ4v) is 5.18. The van der Waals surface area contributed by atoms with Crippen molar-refractivity contribution in [3.8, 4) is 5.69 Å². The Bertz CT molecular complexity index is 1690. The molecule has 0 saturated heterocycles. The van der Waals surface area contributed by atoms with Crippen LogP contribution in [0.3, 0.4) is 0 Å². The van der Waals surface area contributed by atoms with Crippen molar-refractivity contribution in [1.82, 2.24) is 9.55 Å². The number of hydrogen-bond acceptors (Lipinski definition) is 6. The van der Waals surface area contributed by atoms with E-state index >= 15 is 0 Å². The van der Waals surface area contributed by atoms with Gasteiger partial charge in [0.2, 0.25) is 5.91 Å². The molecule has 8 nitrogen and oxygen atoms in total. The molecule has 184 valence electrons. The van der Waals surface area contributed by atoms with Crippen LogP contribution in [0.2, 0.25) is 0 Å². The van der Waals surface area contributed by atoms with E-state index in [1.807, 2.05) is 49.4 Å². The first-order valence-corrected chi connectivity index (χ1v) is 12.6. The van der Waals surface area contributed by atoms with Gasteiger partial charge in [-0.1, -0.05) is 60.3 Å². The summed E-state index contributed by atoms with van der Waals surface area (Å²) in [6, 6.07) is 26.5. The number of nitro benzene ring substituents is 1. The second-order valence-electron chi connectivity index (χ2n) is 8.25. The third-order valence-electron chi connectivity index (χ3n) is 6.06. The first-order chi connectivity index (χ1) is 18.0. The summed E-state index contributed by atoms with van der Waals surface area (Å²) in [5, 5.41) is 13.9. The molecule has 0 spiro atoms. The van der Waals surface area contributed by atoms with Crippen molar-refractivity contribution in [2.45, 2.75) is 12.1 Å². The lowest BCUT2D eigenvalue weighted by atomic mass is 10.1. The van der Waals surface area contributed by atoms with Crippen molar-refractivity contribution in [2.24, 2.45) is 0 Å². The number of nitro groups is 1. The lowest BCUT2D eigenvalue weighted by Gasteiger charge is -2.23. The number of carbonyl (C=O) groups is 1. The predicted octanol–water partition coefficient (Wildman–Crippen LogP) is 5.59. The maximum atomic E-state index is 13.5. The molecule has 5 rings (SSSR count). The second kappa shape index (κ2) is 10.2. The molecule has 0 aliphatic carbocycles. The molecule has 37 heavy (non-hydrogen) atoms. The number of anilines is 1. The molecule has 1 aromatic heterocycles. The Morgan fingerprint density at radius 3 is 2.35 bits per heavy atom. The Hall–Kier alpha value is -4.50. The molecule has 0 saturated carbocycles. The summed E-state index contributed by atoms with van der Waals surface area (Å²) >= 11 is 1.16. The third-order valence-corrected chi connectivity index (χ3v) is 6.99. The maximum absolute atomic E-state index is 13.5. The average Bonchev–Trinajstić information content (AvgIpc) is 2.92. The zero-order valence-corrected chi connectivity index (χ0v) is 20.7. The first kappa shape index (κ1) is 24.2. The van der Waals surface area contributed by atoms with Gasteiger partial charge in [-0.25, -0.2) is 4.98 Å². The number of nitrogens with zero attached hydrogens (tertiary/aromatic N) is 4. The monoisotopic (exact) mass is 510 g/mol. The topological polar surface area (TPSA) is 98.3 Å². The van der Waals surface area contributed by atoms with Gasteiger partial charge in [-0.3, -0.25) is 24.3 Å². The quantitative estimate of drug-likeness (QED) is 0.122. The smallest absolute Gasteiger partial charge is 0.269 e. The van der Waals surface area contributed by atoms with E-state index in [-0.39, 0.29) is 22.9 Å². The molecule has 1 heterocycles. The summed E-state index contributed by atoms with van der Waals surface area (Å²) < 4.78 is 1.40. The van der Waals surface area contributed by atoms with E-state index in [2.05, 4.69) is 4.98 Å². The van der Waals surface area contributed by atoms with Gasteiger partial charge in [0, 0.05) is 24.1 Å². The highest BCUT2D eigenvalue weighted by molar-refractivity contribution is 7.99. The van der Waals surface area contributed by atoms with E-state index in [0.717, 1.165) is 28.2 Å². The molecule has 5 aromatic rings. The van der Waals surface area contributed by atoms with Crippen LogP contribution in [-0.2, 0) is 4.79 Å². The summed E-state index contributed by atoms with van der Waals surface area (Å²) in [5.74, 6) is -0.0732. The van der Waals surface area contributed by atoms with Crippen LogP contribution in [0.25, 0.3) is 27.4 Å². The Morgan fingerprint density at radius 1 is 0.946 bits per heavy atom. The highest BCUT2D eigenvalue weighted by Crippen LogP contribution is 2.28. The van der Waals surface area contributed by atoms with Crippen LogP contribution < -0.4 is 10.5 Å². The summed E-state index contributed by atoms with van der Waals surface area (Å²) in [4.78, 5) is 43.9. The molecule has 0 aliphatic heterocycles. The number of non-ortho nitro benzene ring substituents is 1. The fraction of sp³-hybridized carbons (Fsp3) is 0.107. The Morgan fingerprint density at radius 2 is 1.62 bits per heavy atom. The maximum Gasteiger partial charge on any atom is 0.269 e. The lowest BCUT2D eigenvalue weighted by Crippen LogP contribution is -2.32. The number of benzene rings is 4. The van der Waals surface area contributed by atoms with Crippen molar-refractivity contribution >= 4 is 50.7 Å². The number of rotatable bonds is 7. The largest absolute Gasteiger partial charge is 0.311 e. The van der Waals surface area contributed by atoms with E-state index < -0.39 is 4.92 Å². The van der Waals surface area contributed by atoms with Gasteiger partial charge in [-0.15, -0.1) is 0 Å². The molecule has 0 fully saturated rings. The summed E-state index contributed by atoms with van der Waals surface area (Å²) in [5.41, 5.74) is 1.39. The molecule has 9 heteroatoms. The Kier molecular flexibility index (Phi) is 6.70. The lowest BCUT2D eigenvalue weighted by molar-refractivity contribution is -0.384. The second-order valence-corrected chi connectivity index (χ2v) is 9.19. The highest BCUT2D eigenvalue weighted by Gasteiger charge is 2.20. The van der Waals surface area contributed by atoms with Crippen molar-refractivity contribution in [1.29, 1.82) is 0 Å². The van der Waals surface area contributed by atoms with Gasteiger partial charge >= 0.3 is 0 Å². The van der Waals surface area contributed by atoms with Gasteiger partial charge in [0.25, 0.3) is 11.2 Å². The van der Waals surface area contributed by atoms with Crippen LogP contribution in [0.1, 0.15) is 6.92 Å². The van der Waals surface area contributed by atoms with Crippen LogP contribution in [0.5, 0.6) is 0 Å². The van der Waals surface area contributed by atoms with Crippen molar-refractivity contribution in [3.05, 3.63) is 111 Å². The van der Waals surface area contributed by atoms with Crippen LogP contribution in [0.15, 0.2) is 101 Å². The average molecular weight is 511 g/mol. The Balaban J connectivity index is 1.51. The van der Waals surface area contributed by atoms with Gasteiger partial charge in [0.05, 0.1) is 33.0 Å². The molecule has 4 aromatic carbocycles. The molecule has 0 N–H and O–H groups in total. The molecule has 0 radical (unpaired) electrons. The van der Waals surface area contributed by atoms with E-state index in [0.29, 0.717) is 28.3 Å². The fourth-order valence-electron chi connectivity index (χ4n) is 4.29. The van der Waals surface area contributed by atoms with E-state index in [9.17, 15) is 19.7 Å². The zero-order chi connectivity index (χ0) is 25.9.